The van der Waals surface area contributed by atoms with E-state index in [0.717, 1.165) is 15.9 Å². The van der Waals surface area contributed by atoms with Crippen molar-refractivity contribution in [2.45, 2.75) is 17.2 Å². The van der Waals surface area contributed by atoms with Gasteiger partial charge in [-0.15, -0.1) is 0 Å². The molecule has 2 fully saturated rings. The fourth-order valence-corrected chi connectivity index (χ4v) is 5.25. The van der Waals surface area contributed by atoms with Crippen LogP contribution in [0.4, 0.5) is 9.18 Å². The number of sulfonamides is 1. The SMILES string of the molecule is O=C(NCc1ccccc1)N1CCOC2(C1)CN(S(=O)(=O)c1ccccc1F)CCO2. The van der Waals surface area contributed by atoms with Crippen molar-refractivity contribution in [1.82, 2.24) is 14.5 Å². The Balaban J connectivity index is 1.45. The molecule has 1 atom stereocenters. The highest BCUT2D eigenvalue weighted by Gasteiger charge is 2.46. The van der Waals surface area contributed by atoms with E-state index in [4.69, 9.17) is 9.47 Å². The molecule has 8 nitrogen and oxygen atoms in total. The van der Waals surface area contributed by atoms with Gasteiger partial charge in [0.15, 0.2) is 5.79 Å². The van der Waals surface area contributed by atoms with Crippen LogP contribution in [0.1, 0.15) is 5.56 Å². The minimum absolute atomic E-state index is 0.0664. The maximum Gasteiger partial charge on any atom is 0.317 e. The van der Waals surface area contributed by atoms with Gasteiger partial charge in [-0.2, -0.15) is 4.31 Å². The number of morpholine rings is 2. The van der Waals surface area contributed by atoms with E-state index in [2.05, 4.69) is 5.32 Å². The maximum absolute atomic E-state index is 14.1. The van der Waals surface area contributed by atoms with E-state index >= 15 is 0 Å². The molecule has 2 saturated heterocycles. The lowest BCUT2D eigenvalue weighted by atomic mass is 10.2. The van der Waals surface area contributed by atoms with Crippen LogP contribution in [-0.4, -0.2) is 68.8 Å². The molecule has 2 aliphatic rings. The summed E-state index contributed by atoms with van der Waals surface area (Å²) in [5.74, 6) is -2.10. The second-order valence-electron chi connectivity index (χ2n) is 7.44. The second kappa shape index (κ2) is 8.91. The standard InChI is InChI=1S/C21H24FN3O5S/c22-18-8-4-5-9-19(18)31(27,28)25-11-13-30-21(16-25)15-24(10-12-29-21)20(26)23-14-17-6-2-1-3-7-17/h1-9H,10-16H2,(H,23,26). The number of carbonyl (C=O) groups is 1. The van der Waals surface area contributed by atoms with E-state index in [1.54, 1.807) is 4.90 Å². The zero-order valence-corrected chi connectivity index (χ0v) is 17.7. The van der Waals surface area contributed by atoms with Gasteiger partial charge in [0.25, 0.3) is 0 Å². The quantitative estimate of drug-likeness (QED) is 0.769. The molecule has 2 aromatic carbocycles. The molecule has 0 radical (unpaired) electrons. The van der Waals surface area contributed by atoms with Gasteiger partial charge in [-0.1, -0.05) is 42.5 Å². The van der Waals surface area contributed by atoms with Crippen LogP contribution < -0.4 is 5.32 Å². The average molecular weight is 450 g/mol. The Kier molecular flexibility index (Phi) is 6.24. The van der Waals surface area contributed by atoms with Crippen LogP contribution in [0.15, 0.2) is 59.5 Å². The minimum atomic E-state index is -4.07. The van der Waals surface area contributed by atoms with E-state index < -0.39 is 21.6 Å². The number of urea groups is 1. The second-order valence-corrected chi connectivity index (χ2v) is 9.35. The summed E-state index contributed by atoms with van der Waals surface area (Å²) in [7, 11) is -4.07. The largest absolute Gasteiger partial charge is 0.346 e. The molecule has 0 saturated carbocycles. The van der Waals surface area contributed by atoms with Crippen molar-refractivity contribution >= 4 is 16.1 Å². The number of halogens is 1. The van der Waals surface area contributed by atoms with E-state index in [0.29, 0.717) is 13.1 Å². The first-order valence-electron chi connectivity index (χ1n) is 9.99. The summed E-state index contributed by atoms with van der Waals surface area (Å²) in [6.45, 7) is 1.01. The van der Waals surface area contributed by atoms with Crippen molar-refractivity contribution < 1.29 is 27.1 Å². The van der Waals surface area contributed by atoms with E-state index in [1.165, 1.54) is 18.2 Å². The van der Waals surface area contributed by atoms with Gasteiger partial charge in [0, 0.05) is 19.6 Å². The summed E-state index contributed by atoms with van der Waals surface area (Å²) in [6.07, 6.45) is 0. The monoisotopic (exact) mass is 449 g/mol. The predicted octanol–water partition coefficient (Wildman–Crippen LogP) is 1.78. The lowest BCUT2D eigenvalue weighted by Crippen LogP contribution is -2.64. The molecule has 1 unspecified atom stereocenters. The lowest BCUT2D eigenvalue weighted by Gasteiger charge is -2.46. The lowest BCUT2D eigenvalue weighted by molar-refractivity contribution is -0.279. The topological polar surface area (TPSA) is 88.2 Å². The molecule has 0 aromatic heterocycles. The minimum Gasteiger partial charge on any atom is -0.346 e. The zero-order chi connectivity index (χ0) is 21.9. The molecule has 2 heterocycles. The van der Waals surface area contributed by atoms with Gasteiger partial charge in [0.1, 0.15) is 10.7 Å². The van der Waals surface area contributed by atoms with E-state index in [1.807, 2.05) is 30.3 Å². The van der Waals surface area contributed by atoms with Crippen molar-refractivity contribution in [1.29, 1.82) is 0 Å². The van der Waals surface area contributed by atoms with Gasteiger partial charge >= 0.3 is 6.03 Å². The van der Waals surface area contributed by atoms with Gasteiger partial charge in [0.2, 0.25) is 10.0 Å². The number of amides is 2. The van der Waals surface area contributed by atoms with Gasteiger partial charge in [-0.05, 0) is 17.7 Å². The summed E-state index contributed by atoms with van der Waals surface area (Å²) >= 11 is 0. The van der Waals surface area contributed by atoms with Crippen LogP contribution in [0.2, 0.25) is 0 Å². The van der Waals surface area contributed by atoms with Crippen LogP contribution >= 0.6 is 0 Å². The molecule has 0 aliphatic carbocycles. The van der Waals surface area contributed by atoms with Crippen LogP contribution in [-0.2, 0) is 26.0 Å². The Morgan fingerprint density at radius 3 is 2.42 bits per heavy atom. The summed E-state index contributed by atoms with van der Waals surface area (Å²) in [6, 6.07) is 14.5. The van der Waals surface area contributed by atoms with Crippen molar-refractivity contribution in [3.05, 3.63) is 66.0 Å². The number of carbonyl (C=O) groups excluding carboxylic acids is 1. The average Bonchev–Trinajstić information content (AvgIpc) is 2.78. The third-order valence-electron chi connectivity index (χ3n) is 5.31. The van der Waals surface area contributed by atoms with Crippen LogP contribution in [0.5, 0.6) is 0 Å². The predicted molar refractivity (Wildman–Crippen MR) is 110 cm³/mol. The number of hydrogen-bond acceptors (Lipinski definition) is 5. The molecule has 0 bridgehead atoms. The molecule has 166 valence electrons. The van der Waals surface area contributed by atoms with Crippen molar-refractivity contribution in [3.63, 3.8) is 0 Å². The molecule has 1 N–H and O–H groups in total. The first-order chi connectivity index (χ1) is 14.9. The Morgan fingerprint density at radius 2 is 1.68 bits per heavy atom. The van der Waals surface area contributed by atoms with Crippen LogP contribution in [0, 0.1) is 5.82 Å². The van der Waals surface area contributed by atoms with E-state index in [-0.39, 0.29) is 43.8 Å². The van der Waals surface area contributed by atoms with Crippen LogP contribution in [0.3, 0.4) is 0 Å². The molecule has 2 aromatic rings. The number of nitrogens with one attached hydrogen (secondary N) is 1. The fourth-order valence-electron chi connectivity index (χ4n) is 3.72. The first-order valence-corrected chi connectivity index (χ1v) is 11.4. The third kappa shape index (κ3) is 4.72. The smallest absolute Gasteiger partial charge is 0.317 e. The van der Waals surface area contributed by atoms with Crippen molar-refractivity contribution in [2.75, 3.05) is 39.4 Å². The van der Waals surface area contributed by atoms with Gasteiger partial charge in [-0.3, -0.25) is 0 Å². The zero-order valence-electron chi connectivity index (χ0n) is 16.9. The van der Waals surface area contributed by atoms with E-state index in [9.17, 15) is 17.6 Å². The number of ether oxygens (including phenoxy) is 2. The summed E-state index contributed by atoms with van der Waals surface area (Å²) in [4.78, 5) is 13.8. The van der Waals surface area contributed by atoms with Gasteiger partial charge in [0.05, 0.1) is 26.3 Å². The summed E-state index contributed by atoms with van der Waals surface area (Å²) in [5.41, 5.74) is 0.967. The number of rotatable bonds is 4. The Bertz CT molecular complexity index is 1030. The highest BCUT2D eigenvalue weighted by atomic mass is 32.2. The summed E-state index contributed by atoms with van der Waals surface area (Å²) < 4.78 is 52.9. The normalized spacial score (nSPS) is 22.4. The third-order valence-corrected chi connectivity index (χ3v) is 7.19. The Hall–Kier alpha value is -2.53. The number of nitrogens with zero attached hydrogens (tertiary/aromatic N) is 2. The van der Waals surface area contributed by atoms with Crippen molar-refractivity contribution in [3.8, 4) is 0 Å². The molecule has 2 aliphatic heterocycles. The van der Waals surface area contributed by atoms with Gasteiger partial charge in [-0.25, -0.2) is 17.6 Å². The maximum atomic E-state index is 14.1. The van der Waals surface area contributed by atoms with Crippen LogP contribution in [0.25, 0.3) is 0 Å². The first kappa shape index (κ1) is 21.7. The molecule has 10 heteroatoms. The molecule has 31 heavy (non-hydrogen) atoms. The summed E-state index contributed by atoms with van der Waals surface area (Å²) in [5, 5.41) is 2.86. The molecule has 2 amide bonds. The highest BCUT2D eigenvalue weighted by Crippen LogP contribution is 2.29. The number of benzene rings is 2. The van der Waals surface area contributed by atoms with Crippen molar-refractivity contribution in [2.24, 2.45) is 0 Å². The molecular weight excluding hydrogens is 425 g/mol. The van der Waals surface area contributed by atoms with Gasteiger partial charge < -0.3 is 19.7 Å². The number of hydrogen-bond donors (Lipinski definition) is 1. The molecule has 4 rings (SSSR count). The highest BCUT2D eigenvalue weighted by molar-refractivity contribution is 7.89. The molecule has 1 spiro atoms. The Morgan fingerprint density at radius 1 is 1.00 bits per heavy atom. The molecular formula is C21H24FN3O5S. The Labute approximate surface area is 180 Å². The fraction of sp³-hybridized carbons (Fsp3) is 0.381.